The number of hydrogen-bond acceptors (Lipinski definition) is 6. The number of imidazole rings is 1. The predicted octanol–water partition coefficient (Wildman–Crippen LogP) is 2.95. The number of esters is 1. The number of carbonyl (C=O) groups is 2. The summed E-state index contributed by atoms with van der Waals surface area (Å²) in [7, 11) is 1.46. The summed E-state index contributed by atoms with van der Waals surface area (Å²) in [4.78, 5) is 42.8. The third-order valence-electron chi connectivity index (χ3n) is 8.67. The van der Waals surface area contributed by atoms with Gasteiger partial charge in [0.2, 0.25) is 0 Å². The van der Waals surface area contributed by atoms with E-state index in [1.165, 1.54) is 7.11 Å². The van der Waals surface area contributed by atoms with Gasteiger partial charge in [-0.3, -0.25) is 9.36 Å². The molecule has 6 atom stereocenters. The molecule has 1 saturated heterocycles. The van der Waals surface area contributed by atoms with Crippen LogP contribution in [0.1, 0.15) is 50.1 Å². The van der Waals surface area contributed by atoms with Crippen LogP contribution in [-0.2, 0) is 14.3 Å². The first-order valence-electron chi connectivity index (χ1n) is 12.1. The van der Waals surface area contributed by atoms with Crippen molar-refractivity contribution in [2.45, 2.75) is 50.7 Å². The van der Waals surface area contributed by atoms with Crippen molar-refractivity contribution in [2.24, 2.45) is 23.2 Å². The van der Waals surface area contributed by atoms with Crippen molar-refractivity contribution in [1.82, 2.24) is 14.5 Å². The van der Waals surface area contributed by atoms with Crippen LogP contribution in [0.2, 0.25) is 0 Å². The standard InChI is InChI=1S/C25H28N4O5/c1-33-22(30)25-9-15-6-16(10-25)21(17(7-15)11-25)34-24(32)28-5-4-18(13-28)29-20-3-2-14(12-26)8-19(20)27-23(29)31/h2-3,8,15-18,21H,4-7,9-11,13H2,1H3,(H,27,31)/t15?,16-,17?,18?,21?,25?/m1/s1. The number of fused-ring (bicyclic) bond motifs is 1. The molecule has 178 valence electrons. The molecule has 1 aromatic heterocycles. The number of ether oxygens (including phenoxy) is 2. The van der Waals surface area contributed by atoms with Gasteiger partial charge in [0.1, 0.15) is 6.10 Å². The summed E-state index contributed by atoms with van der Waals surface area (Å²) in [5, 5.41) is 9.12. The number of methoxy groups -OCH3 is 1. The van der Waals surface area contributed by atoms with E-state index >= 15 is 0 Å². The molecule has 1 amide bonds. The van der Waals surface area contributed by atoms with Gasteiger partial charge in [0.15, 0.2) is 0 Å². The Bertz CT molecular complexity index is 1260. The predicted molar refractivity (Wildman–Crippen MR) is 121 cm³/mol. The maximum absolute atomic E-state index is 13.1. The summed E-state index contributed by atoms with van der Waals surface area (Å²) in [6.07, 6.45) is 4.57. The Morgan fingerprint density at radius 2 is 1.97 bits per heavy atom. The summed E-state index contributed by atoms with van der Waals surface area (Å²) < 4.78 is 12.9. The van der Waals surface area contributed by atoms with Gasteiger partial charge in [-0.15, -0.1) is 0 Å². The Hall–Kier alpha value is -3.28. The molecule has 4 saturated carbocycles. The van der Waals surface area contributed by atoms with Crippen molar-refractivity contribution in [3.05, 3.63) is 34.2 Å². The number of benzene rings is 1. The lowest BCUT2D eigenvalue weighted by atomic mass is 9.48. The maximum Gasteiger partial charge on any atom is 0.410 e. The number of likely N-dealkylation sites (tertiary alicyclic amines) is 1. The second-order valence-electron chi connectivity index (χ2n) is 10.6. The van der Waals surface area contributed by atoms with E-state index in [0.29, 0.717) is 36.5 Å². The van der Waals surface area contributed by atoms with Gasteiger partial charge >= 0.3 is 17.8 Å². The number of amides is 1. The Kier molecular flexibility index (Phi) is 4.77. The van der Waals surface area contributed by atoms with Gasteiger partial charge in [0.05, 0.1) is 41.2 Å². The molecule has 5 aliphatic rings. The van der Waals surface area contributed by atoms with E-state index in [4.69, 9.17) is 14.7 Å². The quantitative estimate of drug-likeness (QED) is 0.698. The summed E-state index contributed by atoms with van der Waals surface area (Å²) >= 11 is 0. The van der Waals surface area contributed by atoms with Crippen LogP contribution in [0.15, 0.2) is 23.0 Å². The molecule has 1 aromatic carbocycles. The van der Waals surface area contributed by atoms with Gasteiger partial charge < -0.3 is 19.4 Å². The van der Waals surface area contributed by atoms with Crippen LogP contribution in [0, 0.1) is 34.5 Å². The Morgan fingerprint density at radius 1 is 1.21 bits per heavy atom. The zero-order valence-electron chi connectivity index (χ0n) is 19.2. The molecule has 2 heterocycles. The molecule has 9 nitrogen and oxygen atoms in total. The second-order valence-corrected chi connectivity index (χ2v) is 10.6. The van der Waals surface area contributed by atoms with Crippen LogP contribution < -0.4 is 5.69 Å². The number of aromatic nitrogens is 2. The van der Waals surface area contributed by atoms with Crippen LogP contribution in [-0.4, -0.2) is 52.8 Å². The van der Waals surface area contributed by atoms with Crippen LogP contribution in [0.3, 0.4) is 0 Å². The minimum Gasteiger partial charge on any atom is -0.469 e. The Balaban J connectivity index is 1.16. The molecule has 34 heavy (non-hydrogen) atoms. The molecule has 5 unspecified atom stereocenters. The van der Waals surface area contributed by atoms with E-state index in [9.17, 15) is 14.4 Å². The lowest BCUT2D eigenvalue weighted by Gasteiger charge is -2.57. The smallest absolute Gasteiger partial charge is 0.410 e. The number of H-pyrrole nitrogens is 1. The molecule has 4 bridgehead atoms. The fourth-order valence-corrected chi connectivity index (χ4v) is 7.51. The van der Waals surface area contributed by atoms with Gasteiger partial charge in [-0.25, -0.2) is 9.59 Å². The van der Waals surface area contributed by atoms with E-state index in [1.54, 1.807) is 27.7 Å². The Labute approximate surface area is 196 Å². The molecule has 0 radical (unpaired) electrons. The zero-order valence-corrected chi connectivity index (χ0v) is 19.2. The molecular weight excluding hydrogens is 436 g/mol. The van der Waals surface area contributed by atoms with E-state index < -0.39 is 5.41 Å². The molecule has 7 rings (SSSR count). The largest absolute Gasteiger partial charge is 0.469 e. The molecule has 0 spiro atoms. The topological polar surface area (TPSA) is 117 Å². The van der Waals surface area contributed by atoms with Gasteiger partial charge in [0, 0.05) is 13.1 Å². The molecule has 2 aromatic rings. The summed E-state index contributed by atoms with van der Waals surface area (Å²) in [6.45, 7) is 0.929. The van der Waals surface area contributed by atoms with Crippen LogP contribution in [0.4, 0.5) is 4.79 Å². The summed E-state index contributed by atoms with van der Waals surface area (Å²) in [6, 6.07) is 7.07. The first kappa shape index (κ1) is 21.3. The fraction of sp³-hybridized carbons (Fsp3) is 0.600. The first-order valence-corrected chi connectivity index (χ1v) is 12.1. The number of rotatable bonds is 3. The van der Waals surface area contributed by atoms with Crippen molar-refractivity contribution in [3.8, 4) is 6.07 Å². The highest BCUT2D eigenvalue weighted by molar-refractivity contribution is 5.78. The van der Waals surface area contributed by atoms with Crippen molar-refractivity contribution in [2.75, 3.05) is 20.2 Å². The van der Waals surface area contributed by atoms with Gasteiger partial charge in [-0.05, 0) is 74.5 Å². The summed E-state index contributed by atoms with van der Waals surface area (Å²) in [5.74, 6) is 0.819. The average molecular weight is 465 g/mol. The number of aromatic amines is 1. The van der Waals surface area contributed by atoms with Crippen molar-refractivity contribution >= 4 is 23.1 Å². The summed E-state index contributed by atoms with van der Waals surface area (Å²) in [5.41, 5.74) is 1.22. The number of nitrogens with one attached hydrogen (secondary N) is 1. The first-order chi connectivity index (χ1) is 16.4. The molecule has 1 N–H and O–H groups in total. The number of nitriles is 1. The van der Waals surface area contributed by atoms with E-state index in [2.05, 4.69) is 11.1 Å². The lowest BCUT2D eigenvalue weighted by Crippen LogP contribution is -2.58. The van der Waals surface area contributed by atoms with Gasteiger partial charge in [0.25, 0.3) is 0 Å². The SMILES string of the molecule is COC(=O)C12CC3CC(C1)C(OC(=O)N1CCC(n4c(=O)[nH]c5cc(C#N)ccc54)C1)[C@H](C3)C2. The highest BCUT2D eigenvalue weighted by Gasteiger charge is 2.60. The zero-order chi connectivity index (χ0) is 23.6. The normalized spacial score (nSPS) is 33.8. The molecule has 5 fully saturated rings. The van der Waals surface area contributed by atoms with Gasteiger partial charge in [-0.1, -0.05) is 0 Å². The molecular formula is C25H28N4O5. The van der Waals surface area contributed by atoms with Crippen LogP contribution in [0.25, 0.3) is 11.0 Å². The minimum atomic E-state index is -0.394. The third kappa shape index (κ3) is 3.15. The lowest BCUT2D eigenvalue weighted by molar-refractivity contribution is -0.182. The van der Waals surface area contributed by atoms with Crippen molar-refractivity contribution < 1.29 is 19.1 Å². The Morgan fingerprint density at radius 3 is 2.68 bits per heavy atom. The molecule has 9 heteroatoms. The van der Waals surface area contributed by atoms with Crippen LogP contribution >= 0.6 is 0 Å². The van der Waals surface area contributed by atoms with Gasteiger partial charge in [-0.2, -0.15) is 5.26 Å². The monoisotopic (exact) mass is 464 g/mol. The van der Waals surface area contributed by atoms with E-state index in [-0.39, 0.29) is 41.7 Å². The number of carbonyl (C=O) groups excluding carboxylic acids is 2. The fourth-order valence-electron chi connectivity index (χ4n) is 7.51. The average Bonchev–Trinajstić information content (AvgIpc) is 3.43. The van der Waals surface area contributed by atoms with Crippen molar-refractivity contribution in [3.63, 3.8) is 0 Å². The van der Waals surface area contributed by atoms with Crippen LogP contribution in [0.5, 0.6) is 0 Å². The maximum atomic E-state index is 13.1. The minimum absolute atomic E-state index is 0.106. The molecule has 4 aliphatic carbocycles. The van der Waals surface area contributed by atoms with E-state index in [0.717, 1.165) is 37.6 Å². The van der Waals surface area contributed by atoms with Crippen molar-refractivity contribution in [1.29, 1.82) is 5.26 Å². The third-order valence-corrected chi connectivity index (χ3v) is 8.67. The number of nitrogens with zero attached hydrogens (tertiary/aromatic N) is 3. The molecule has 1 aliphatic heterocycles. The highest BCUT2D eigenvalue weighted by Crippen LogP contribution is 2.61. The second kappa shape index (κ2) is 7.62. The van der Waals surface area contributed by atoms with E-state index in [1.807, 2.05) is 0 Å². The highest BCUT2D eigenvalue weighted by atomic mass is 16.6. The number of hydrogen-bond donors (Lipinski definition) is 1.